The largest absolute Gasteiger partial charge is 0.456 e. The van der Waals surface area contributed by atoms with Gasteiger partial charge >= 0.3 is 18.1 Å². The fourth-order valence-electron chi connectivity index (χ4n) is 0.316. The fourth-order valence-corrected chi connectivity index (χ4v) is 0.431. The second-order valence-electron chi connectivity index (χ2n) is 2.18. The van der Waals surface area contributed by atoms with Crippen molar-refractivity contribution in [2.45, 2.75) is 12.1 Å². The van der Waals surface area contributed by atoms with E-state index < -0.39 is 29.2 Å². The Hall–Kier alpha value is -0.660. The quantitative estimate of drug-likeness (QED) is 0.452. The van der Waals surface area contributed by atoms with E-state index in [1.54, 1.807) is 0 Å². The normalized spacial score (nSPS) is 12.4. The summed E-state index contributed by atoms with van der Waals surface area (Å²) in [5, 5.41) is 0. The Morgan fingerprint density at radius 3 is 2.00 bits per heavy atom. The highest BCUT2D eigenvalue weighted by Gasteiger charge is 2.58. The van der Waals surface area contributed by atoms with Gasteiger partial charge in [0.25, 0.3) is 0 Å². The monoisotopic (exact) mass is 282 g/mol. The van der Waals surface area contributed by atoms with Gasteiger partial charge in [0.05, 0.1) is 4.48 Å². The average Bonchev–Trinajstić information content (AvgIpc) is 1.97. The number of esters is 1. The van der Waals surface area contributed by atoms with Crippen LogP contribution in [0.15, 0.2) is 11.1 Å². The van der Waals surface area contributed by atoms with Crippen molar-refractivity contribution < 1.29 is 31.5 Å². The number of halogens is 6. The molecule has 0 aliphatic carbocycles. The molecule has 8 heteroatoms. The van der Waals surface area contributed by atoms with Crippen LogP contribution in [0.5, 0.6) is 0 Å². The number of alkyl halides is 5. The standard InChI is InChI=1S/C6H4BrF5O2/c1-3(7)4(13)14-2-5(8,9)6(10,11)12/h1-2H2. The zero-order valence-corrected chi connectivity index (χ0v) is 8.08. The van der Waals surface area contributed by atoms with Crippen LogP contribution < -0.4 is 0 Å². The molecule has 0 unspecified atom stereocenters. The molecule has 0 amide bonds. The Morgan fingerprint density at radius 2 is 1.71 bits per heavy atom. The predicted molar refractivity (Wildman–Crippen MR) is 40.0 cm³/mol. The van der Waals surface area contributed by atoms with Gasteiger partial charge in [-0.25, -0.2) is 4.79 Å². The minimum Gasteiger partial charge on any atom is -0.455 e. The lowest BCUT2D eigenvalue weighted by molar-refractivity contribution is -0.293. The molecule has 0 aliphatic heterocycles. The lowest BCUT2D eigenvalue weighted by Crippen LogP contribution is -2.41. The molecule has 0 bridgehead atoms. The van der Waals surface area contributed by atoms with E-state index in [4.69, 9.17) is 0 Å². The third-order valence-corrected chi connectivity index (χ3v) is 1.34. The van der Waals surface area contributed by atoms with Crippen LogP contribution in [0, 0.1) is 0 Å². The lowest BCUT2D eigenvalue weighted by Gasteiger charge is -2.18. The highest BCUT2D eigenvalue weighted by molar-refractivity contribution is 9.12. The van der Waals surface area contributed by atoms with Gasteiger partial charge in [-0.2, -0.15) is 22.0 Å². The second kappa shape index (κ2) is 4.24. The van der Waals surface area contributed by atoms with Crippen molar-refractivity contribution in [2.75, 3.05) is 6.61 Å². The summed E-state index contributed by atoms with van der Waals surface area (Å²) in [5.41, 5.74) is 0. The Kier molecular flexibility index (Phi) is 4.04. The van der Waals surface area contributed by atoms with E-state index in [0.717, 1.165) is 0 Å². The maximum atomic E-state index is 12.1. The average molecular weight is 283 g/mol. The predicted octanol–water partition coefficient (Wildman–Crippen LogP) is 2.64. The molecule has 0 radical (unpaired) electrons. The van der Waals surface area contributed by atoms with Crippen LogP contribution in [-0.4, -0.2) is 24.7 Å². The molecule has 0 aromatic rings. The third kappa shape index (κ3) is 3.60. The minimum absolute atomic E-state index is 0.435. The first-order chi connectivity index (χ1) is 6.08. The number of hydrogen-bond donors (Lipinski definition) is 0. The van der Waals surface area contributed by atoms with Crippen molar-refractivity contribution in [3.63, 3.8) is 0 Å². The Labute approximate surface area is 83.8 Å². The van der Waals surface area contributed by atoms with Crippen molar-refractivity contribution in [3.05, 3.63) is 11.1 Å². The molecule has 82 valence electrons. The molecule has 0 atom stereocenters. The number of carbonyl (C=O) groups is 1. The van der Waals surface area contributed by atoms with E-state index in [1.807, 2.05) is 0 Å². The summed E-state index contributed by atoms with van der Waals surface area (Å²) < 4.78 is 61.9. The maximum Gasteiger partial charge on any atom is 0.456 e. The molecular weight excluding hydrogens is 279 g/mol. The van der Waals surface area contributed by atoms with Crippen LogP contribution >= 0.6 is 15.9 Å². The van der Waals surface area contributed by atoms with Gasteiger partial charge in [0.1, 0.15) is 0 Å². The van der Waals surface area contributed by atoms with E-state index >= 15 is 0 Å². The lowest BCUT2D eigenvalue weighted by atomic mass is 10.3. The van der Waals surface area contributed by atoms with Crippen molar-refractivity contribution in [1.29, 1.82) is 0 Å². The maximum absolute atomic E-state index is 12.1. The third-order valence-electron chi connectivity index (χ3n) is 1.02. The van der Waals surface area contributed by atoms with Crippen LogP contribution in [0.1, 0.15) is 0 Å². The van der Waals surface area contributed by atoms with E-state index in [9.17, 15) is 26.7 Å². The van der Waals surface area contributed by atoms with Crippen molar-refractivity contribution >= 4 is 21.9 Å². The number of hydrogen-bond acceptors (Lipinski definition) is 2. The highest BCUT2D eigenvalue weighted by Crippen LogP contribution is 2.35. The topological polar surface area (TPSA) is 26.3 Å². The van der Waals surface area contributed by atoms with Crippen molar-refractivity contribution in [2.24, 2.45) is 0 Å². The second-order valence-corrected chi connectivity index (χ2v) is 3.14. The van der Waals surface area contributed by atoms with Crippen LogP contribution in [-0.2, 0) is 9.53 Å². The van der Waals surface area contributed by atoms with E-state index in [1.165, 1.54) is 0 Å². The van der Waals surface area contributed by atoms with Gasteiger partial charge in [0, 0.05) is 0 Å². The summed E-state index contributed by atoms with van der Waals surface area (Å²) in [6.07, 6.45) is -5.74. The van der Waals surface area contributed by atoms with Gasteiger partial charge in [-0.3, -0.25) is 0 Å². The number of carbonyl (C=O) groups excluding carboxylic acids is 1. The molecule has 0 fully saturated rings. The summed E-state index contributed by atoms with van der Waals surface area (Å²) in [5.74, 6) is -6.42. The Balaban J connectivity index is 4.27. The van der Waals surface area contributed by atoms with Crippen LogP contribution in [0.3, 0.4) is 0 Å². The molecular formula is C6H4BrF5O2. The first-order valence-electron chi connectivity index (χ1n) is 3.04. The fraction of sp³-hybridized carbons (Fsp3) is 0.500. The zero-order valence-electron chi connectivity index (χ0n) is 6.50. The molecule has 0 aromatic heterocycles. The Bertz CT molecular complexity index is 247. The number of rotatable bonds is 3. The summed E-state index contributed by atoms with van der Waals surface area (Å²) in [7, 11) is 0. The molecule has 0 saturated carbocycles. The van der Waals surface area contributed by atoms with Gasteiger partial charge in [-0.05, 0) is 15.9 Å². The molecule has 0 rings (SSSR count). The molecule has 2 nitrogen and oxygen atoms in total. The smallest absolute Gasteiger partial charge is 0.455 e. The molecule has 0 saturated heterocycles. The first kappa shape index (κ1) is 13.3. The van der Waals surface area contributed by atoms with Crippen LogP contribution in [0.25, 0.3) is 0 Å². The van der Waals surface area contributed by atoms with Gasteiger partial charge < -0.3 is 4.74 Å². The zero-order chi connectivity index (χ0) is 11.6. The van der Waals surface area contributed by atoms with Crippen molar-refractivity contribution in [1.82, 2.24) is 0 Å². The molecule has 0 aromatic carbocycles. The summed E-state index contributed by atoms with van der Waals surface area (Å²) in [6.45, 7) is 0.878. The minimum atomic E-state index is -5.74. The van der Waals surface area contributed by atoms with Gasteiger partial charge in [-0.1, -0.05) is 6.58 Å². The number of ether oxygens (including phenoxy) is 1. The van der Waals surface area contributed by atoms with Crippen LogP contribution in [0.4, 0.5) is 22.0 Å². The van der Waals surface area contributed by atoms with Crippen molar-refractivity contribution in [3.8, 4) is 0 Å². The first-order valence-corrected chi connectivity index (χ1v) is 3.83. The summed E-state index contributed by atoms with van der Waals surface area (Å²) in [4.78, 5) is 10.4. The van der Waals surface area contributed by atoms with E-state index in [-0.39, 0.29) is 0 Å². The summed E-state index contributed by atoms with van der Waals surface area (Å²) >= 11 is 2.46. The van der Waals surface area contributed by atoms with Gasteiger partial charge in [-0.15, -0.1) is 0 Å². The molecule has 0 N–H and O–H groups in total. The summed E-state index contributed by atoms with van der Waals surface area (Å²) in [6, 6.07) is 0. The Morgan fingerprint density at radius 1 is 1.29 bits per heavy atom. The molecule has 14 heavy (non-hydrogen) atoms. The van der Waals surface area contributed by atoms with Gasteiger partial charge in [0.2, 0.25) is 0 Å². The van der Waals surface area contributed by atoms with Gasteiger partial charge in [0.15, 0.2) is 6.61 Å². The molecule has 0 aliphatic rings. The van der Waals surface area contributed by atoms with E-state index in [0.29, 0.717) is 0 Å². The van der Waals surface area contributed by atoms with Crippen LogP contribution in [0.2, 0.25) is 0 Å². The molecule has 0 spiro atoms. The highest BCUT2D eigenvalue weighted by atomic mass is 79.9. The molecule has 0 heterocycles. The SMILES string of the molecule is C=C(Br)C(=O)OCC(F)(F)C(F)(F)F. The van der Waals surface area contributed by atoms with E-state index in [2.05, 4.69) is 27.2 Å².